The Morgan fingerprint density at radius 1 is 1.06 bits per heavy atom. The summed E-state index contributed by atoms with van der Waals surface area (Å²) in [4.78, 5) is 23.3. The zero-order chi connectivity index (χ0) is 11.9. The van der Waals surface area contributed by atoms with Crippen LogP contribution < -0.4 is 29.6 Å². The topological polar surface area (TPSA) is 91.3 Å². The van der Waals surface area contributed by atoms with Gasteiger partial charge in [-0.1, -0.05) is 24.3 Å². The second-order valence-corrected chi connectivity index (χ2v) is 5.00. The first-order valence-electron chi connectivity index (χ1n) is 4.51. The second kappa shape index (κ2) is 4.99. The van der Waals surface area contributed by atoms with Gasteiger partial charge in [0.05, 0.1) is 21.8 Å². The first kappa shape index (κ1) is 14.5. The van der Waals surface area contributed by atoms with Crippen molar-refractivity contribution in [3.05, 3.63) is 35.4 Å². The van der Waals surface area contributed by atoms with Crippen molar-refractivity contribution in [1.29, 1.82) is 0 Å². The summed E-state index contributed by atoms with van der Waals surface area (Å²) in [5, 5.41) is 0. The molecule has 1 aliphatic carbocycles. The molecule has 84 valence electrons. The van der Waals surface area contributed by atoms with Gasteiger partial charge in [0.1, 0.15) is 0 Å². The summed E-state index contributed by atoms with van der Waals surface area (Å²) >= 11 is 0. The summed E-state index contributed by atoms with van der Waals surface area (Å²) < 4.78 is 31.7. The molecule has 7 heteroatoms. The fourth-order valence-electron chi connectivity index (χ4n) is 1.76. The van der Waals surface area contributed by atoms with Gasteiger partial charge in [0.2, 0.25) is 0 Å². The molecule has 0 saturated heterocycles. The Hall–Kier alpha value is -0.530. The molecular weight excluding hydrogens is 255 g/mol. The molecular formula is C10H7NaO5S. The molecule has 0 spiro atoms. The van der Waals surface area contributed by atoms with Crippen LogP contribution in [0.2, 0.25) is 0 Å². The SMILES string of the molecule is O=C1c2ccccc2C(=O)C1CS(=O)(=O)[O-].[Na+]. The van der Waals surface area contributed by atoms with Crippen LogP contribution >= 0.6 is 0 Å². The van der Waals surface area contributed by atoms with E-state index in [0.29, 0.717) is 0 Å². The quantitative estimate of drug-likeness (QED) is 0.327. The second-order valence-electron chi connectivity index (χ2n) is 3.55. The minimum Gasteiger partial charge on any atom is -0.748 e. The maximum absolute atomic E-state index is 11.7. The van der Waals surface area contributed by atoms with Crippen LogP contribution in [0.15, 0.2) is 24.3 Å². The van der Waals surface area contributed by atoms with Gasteiger partial charge in [-0.25, -0.2) is 8.42 Å². The molecule has 1 aromatic carbocycles. The van der Waals surface area contributed by atoms with E-state index in [1.54, 1.807) is 12.1 Å². The van der Waals surface area contributed by atoms with Crippen LogP contribution in [0.1, 0.15) is 20.7 Å². The molecule has 0 atom stereocenters. The van der Waals surface area contributed by atoms with E-state index in [2.05, 4.69) is 0 Å². The van der Waals surface area contributed by atoms with Crippen LogP contribution in [0, 0.1) is 5.92 Å². The zero-order valence-corrected chi connectivity index (χ0v) is 11.9. The Bertz CT molecular complexity index is 543. The third-order valence-electron chi connectivity index (χ3n) is 2.46. The maximum atomic E-state index is 11.7. The number of carbonyl (C=O) groups is 2. The van der Waals surface area contributed by atoms with Gasteiger partial charge in [-0.05, 0) is 0 Å². The Morgan fingerprint density at radius 2 is 1.47 bits per heavy atom. The van der Waals surface area contributed by atoms with Crippen molar-refractivity contribution in [1.82, 2.24) is 0 Å². The molecule has 0 aromatic heterocycles. The van der Waals surface area contributed by atoms with Crippen LogP contribution in [-0.2, 0) is 10.1 Å². The van der Waals surface area contributed by atoms with Crippen LogP contribution in [0.5, 0.6) is 0 Å². The molecule has 1 aromatic rings. The molecule has 17 heavy (non-hydrogen) atoms. The number of Topliss-reactive ketones (excluding diaryl/α,β-unsaturated/α-hetero) is 2. The van der Waals surface area contributed by atoms with Gasteiger partial charge in [0.15, 0.2) is 11.6 Å². The number of benzene rings is 1. The normalized spacial score (nSPS) is 15.6. The molecule has 0 unspecified atom stereocenters. The molecule has 0 bridgehead atoms. The third kappa shape index (κ3) is 2.83. The maximum Gasteiger partial charge on any atom is 1.00 e. The summed E-state index contributed by atoms with van der Waals surface area (Å²) in [5.74, 6) is -3.49. The van der Waals surface area contributed by atoms with E-state index in [1.165, 1.54) is 12.1 Å². The predicted molar refractivity (Wildman–Crippen MR) is 53.2 cm³/mol. The van der Waals surface area contributed by atoms with Crippen molar-refractivity contribution in [3.8, 4) is 0 Å². The van der Waals surface area contributed by atoms with Gasteiger partial charge in [-0.3, -0.25) is 9.59 Å². The molecule has 0 aliphatic heterocycles. The van der Waals surface area contributed by atoms with Crippen LogP contribution in [0.25, 0.3) is 0 Å². The van der Waals surface area contributed by atoms with Crippen molar-refractivity contribution < 1.29 is 52.1 Å². The number of fused-ring (bicyclic) bond motifs is 1. The summed E-state index contributed by atoms with van der Waals surface area (Å²) in [6.45, 7) is 0. The van der Waals surface area contributed by atoms with E-state index in [0.717, 1.165) is 0 Å². The molecule has 0 N–H and O–H groups in total. The predicted octanol–water partition coefficient (Wildman–Crippen LogP) is -2.77. The zero-order valence-electron chi connectivity index (χ0n) is 9.04. The summed E-state index contributed by atoms with van der Waals surface area (Å²) in [6, 6.07) is 6.07. The summed E-state index contributed by atoms with van der Waals surface area (Å²) in [7, 11) is -4.58. The molecule has 0 amide bonds. The molecule has 0 radical (unpaired) electrons. The van der Waals surface area contributed by atoms with E-state index in [9.17, 15) is 22.6 Å². The smallest absolute Gasteiger partial charge is 0.748 e. The fraction of sp³-hybridized carbons (Fsp3) is 0.200. The van der Waals surface area contributed by atoms with Crippen molar-refractivity contribution in [2.45, 2.75) is 0 Å². The first-order valence-corrected chi connectivity index (χ1v) is 6.09. The van der Waals surface area contributed by atoms with Crippen molar-refractivity contribution in [3.63, 3.8) is 0 Å². The van der Waals surface area contributed by atoms with Crippen LogP contribution in [-0.4, -0.2) is 30.3 Å². The van der Waals surface area contributed by atoms with Crippen LogP contribution in [0.3, 0.4) is 0 Å². The van der Waals surface area contributed by atoms with E-state index in [1.807, 2.05) is 0 Å². The molecule has 1 aliphatic rings. The molecule has 0 heterocycles. The number of rotatable bonds is 2. The van der Waals surface area contributed by atoms with Gasteiger partial charge in [0.25, 0.3) is 0 Å². The Kier molecular flexibility index (Phi) is 4.27. The van der Waals surface area contributed by atoms with Crippen molar-refractivity contribution in [2.75, 3.05) is 5.75 Å². The minimum absolute atomic E-state index is 0. The largest absolute Gasteiger partial charge is 1.00 e. The molecule has 0 fully saturated rings. The van der Waals surface area contributed by atoms with E-state index in [-0.39, 0.29) is 40.7 Å². The Balaban J connectivity index is 0.00000144. The third-order valence-corrected chi connectivity index (χ3v) is 3.20. The standard InChI is InChI=1S/C10H8O5S.Na/c11-9-6-3-1-2-4-7(6)10(12)8(9)5-16(13,14)15;/h1-4,8H,5H2,(H,13,14,15);/q;+1/p-1. The van der Waals surface area contributed by atoms with E-state index in [4.69, 9.17) is 0 Å². The average molecular weight is 262 g/mol. The van der Waals surface area contributed by atoms with Crippen LogP contribution in [0.4, 0.5) is 0 Å². The van der Waals surface area contributed by atoms with Gasteiger partial charge < -0.3 is 4.55 Å². The fourth-order valence-corrected chi connectivity index (χ4v) is 2.47. The molecule has 2 rings (SSSR count). The monoisotopic (exact) mass is 262 g/mol. The van der Waals surface area contributed by atoms with Gasteiger partial charge in [0, 0.05) is 11.1 Å². The first-order chi connectivity index (χ1) is 7.40. The van der Waals surface area contributed by atoms with Crippen molar-refractivity contribution >= 4 is 21.7 Å². The van der Waals surface area contributed by atoms with E-state index >= 15 is 0 Å². The summed E-state index contributed by atoms with van der Waals surface area (Å²) in [5.41, 5.74) is 0.391. The van der Waals surface area contributed by atoms with Gasteiger partial charge in [-0.15, -0.1) is 0 Å². The number of hydrogen-bond donors (Lipinski definition) is 0. The van der Waals surface area contributed by atoms with Crippen molar-refractivity contribution in [2.24, 2.45) is 5.92 Å². The average Bonchev–Trinajstić information content (AvgIpc) is 2.43. The Labute approximate surface area is 120 Å². The number of hydrogen-bond acceptors (Lipinski definition) is 5. The summed E-state index contributed by atoms with van der Waals surface area (Å²) in [6.07, 6.45) is 0. The molecule has 0 saturated carbocycles. The number of ketones is 2. The minimum atomic E-state index is -4.58. The van der Waals surface area contributed by atoms with Gasteiger partial charge in [-0.2, -0.15) is 0 Å². The molecule has 5 nitrogen and oxygen atoms in total. The van der Waals surface area contributed by atoms with E-state index < -0.39 is 33.4 Å². The Morgan fingerprint density at radius 3 is 1.82 bits per heavy atom. The number of carbonyl (C=O) groups excluding carboxylic acids is 2. The van der Waals surface area contributed by atoms with Gasteiger partial charge >= 0.3 is 29.6 Å².